The summed E-state index contributed by atoms with van der Waals surface area (Å²) in [6, 6.07) is 9.06. The molecule has 0 heterocycles. The van der Waals surface area contributed by atoms with Crippen LogP contribution in [0.15, 0.2) is 36.4 Å². The highest BCUT2D eigenvalue weighted by Gasteiger charge is 2.15. The fraction of sp³-hybridized carbons (Fsp3) is 0.176. The lowest BCUT2D eigenvalue weighted by Gasteiger charge is -2.12. The van der Waals surface area contributed by atoms with Crippen LogP contribution in [0.1, 0.15) is 26.3 Å². The minimum atomic E-state index is -3.48. The molecule has 2 aromatic carbocycles. The molecule has 7 nitrogen and oxygen atoms in total. The number of hydrogen-bond donors (Lipinski definition) is 2. The fourth-order valence-corrected chi connectivity index (χ4v) is 3.10. The lowest BCUT2D eigenvalue weighted by Crippen LogP contribution is -2.15. The van der Waals surface area contributed by atoms with Gasteiger partial charge in [0.25, 0.3) is 5.91 Å². The number of amides is 1. The van der Waals surface area contributed by atoms with Gasteiger partial charge in [0.05, 0.1) is 29.6 Å². The zero-order chi connectivity index (χ0) is 19.5. The van der Waals surface area contributed by atoms with E-state index in [1.165, 1.54) is 25.3 Å². The van der Waals surface area contributed by atoms with Gasteiger partial charge < -0.3 is 10.1 Å². The Bertz CT molecular complexity index is 973. The Labute approximate surface area is 156 Å². The molecule has 0 aliphatic carbocycles. The summed E-state index contributed by atoms with van der Waals surface area (Å²) in [6.45, 7) is 1.69. The smallest absolute Gasteiger partial charge is 0.338 e. The van der Waals surface area contributed by atoms with Gasteiger partial charge in [-0.25, -0.2) is 13.2 Å². The molecule has 26 heavy (non-hydrogen) atoms. The summed E-state index contributed by atoms with van der Waals surface area (Å²) >= 11 is 6.03. The maximum atomic E-state index is 12.4. The second-order valence-corrected chi connectivity index (χ2v) is 7.65. The topological polar surface area (TPSA) is 102 Å². The lowest BCUT2D eigenvalue weighted by molar-refractivity contribution is 0.0599. The minimum Gasteiger partial charge on any atom is -0.465 e. The van der Waals surface area contributed by atoms with E-state index in [-0.39, 0.29) is 16.3 Å². The summed E-state index contributed by atoms with van der Waals surface area (Å²) < 4.78 is 29.5. The molecule has 2 N–H and O–H groups in total. The van der Waals surface area contributed by atoms with Gasteiger partial charge in [-0.3, -0.25) is 9.52 Å². The van der Waals surface area contributed by atoms with Crippen molar-refractivity contribution in [1.82, 2.24) is 0 Å². The van der Waals surface area contributed by atoms with Crippen LogP contribution < -0.4 is 10.0 Å². The molecule has 0 aliphatic rings. The van der Waals surface area contributed by atoms with Gasteiger partial charge in [-0.15, -0.1) is 0 Å². The largest absolute Gasteiger partial charge is 0.465 e. The maximum Gasteiger partial charge on any atom is 0.338 e. The van der Waals surface area contributed by atoms with E-state index in [4.69, 9.17) is 16.3 Å². The van der Waals surface area contributed by atoms with Crippen LogP contribution in [0.4, 0.5) is 11.4 Å². The molecule has 0 saturated heterocycles. The zero-order valence-corrected chi connectivity index (χ0v) is 15.9. The summed E-state index contributed by atoms with van der Waals surface area (Å²) in [5.74, 6) is -0.958. The quantitative estimate of drug-likeness (QED) is 0.756. The van der Waals surface area contributed by atoms with Gasteiger partial charge in [0.1, 0.15) is 0 Å². The zero-order valence-electron chi connectivity index (χ0n) is 14.3. The Morgan fingerprint density at radius 3 is 2.38 bits per heavy atom. The third-order valence-electron chi connectivity index (χ3n) is 3.51. The summed E-state index contributed by atoms with van der Waals surface area (Å²) in [7, 11) is -2.20. The first-order valence-corrected chi connectivity index (χ1v) is 9.66. The summed E-state index contributed by atoms with van der Waals surface area (Å²) in [6.07, 6.45) is 1.00. The van der Waals surface area contributed by atoms with Crippen molar-refractivity contribution in [2.75, 3.05) is 23.4 Å². The van der Waals surface area contributed by atoms with E-state index in [1.54, 1.807) is 25.1 Å². The highest BCUT2D eigenvalue weighted by molar-refractivity contribution is 7.92. The third-order valence-corrected chi connectivity index (χ3v) is 4.42. The SMILES string of the molecule is COC(=O)c1cccc(NC(=O)c2ccc(NS(C)(=O)=O)c(Cl)c2)c1C. The molecular formula is C17H17ClN2O5S. The lowest BCUT2D eigenvalue weighted by atomic mass is 10.1. The predicted molar refractivity (Wildman–Crippen MR) is 100 cm³/mol. The third kappa shape index (κ3) is 4.74. The number of hydrogen-bond acceptors (Lipinski definition) is 5. The molecule has 0 aliphatic heterocycles. The van der Waals surface area contributed by atoms with Crippen molar-refractivity contribution in [2.45, 2.75) is 6.92 Å². The summed E-state index contributed by atoms with van der Waals surface area (Å²) in [4.78, 5) is 24.2. The van der Waals surface area contributed by atoms with E-state index in [0.29, 0.717) is 16.8 Å². The number of ether oxygens (including phenoxy) is 1. The van der Waals surface area contributed by atoms with Gasteiger partial charge in [0, 0.05) is 11.3 Å². The first kappa shape index (κ1) is 19.7. The molecular weight excluding hydrogens is 380 g/mol. The standard InChI is InChI=1S/C17H17ClN2O5S/c1-10-12(17(22)25-2)5-4-6-14(10)19-16(21)11-7-8-15(13(18)9-11)20-26(3,23)24/h4-9,20H,1-3H3,(H,19,21). The minimum absolute atomic E-state index is 0.0862. The van der Waals surface area contributed by atoms with Gasteiger partial charge >= 0.3 is 5.97 Å². The number of benzene rings is 2. The molecule has 2 aromatic rings. The van der Waals surface area contributed by atoms with Crippen molar-refractivity contribution >= 4 is 44.9 Å². The van der Waals surface area contributed by atoms with Crippen LogP contribution in [0.25, 0.3) is 0 Å². The normalized spacial score (nSPS) is 10.9. The Morgan fingerprint density at radius 1 is 1.12 bits per heavy atom. The number of sulfonamides is 1. The summed E-state index contributed by atoms with van der Waals surface area (Å²) in [5.41, 5.74) is 1.77. The van der Waals surface area contributed by atoms with E-state index in [1.807, 2.05) is 0 Å². The molecule has 0 fully saturated rings. The van der Waals surface area contributed by atoms with Crippen molar-refractivity contribution in [2.24, 2.45) is 0 Å². The molecule has 0 aromatic heterocycles. The highest BCUT2D eigenvalue weighted by atomic mass is 35.5. The van der Waals surface area contributed by atoms with E-state index in [2.05, 4.69) is 10.0 Å². The number of carbonyl (C=O) groups excluding carboxylic acids is 2. The van der Waals surface area contributed by atoms with Crippen LogP contribution in [0, 0.1) is 6.92 Å². The average Bonchev–Trinajstić information content (AvgIpc) is 2.56. The van der Waals surface area contributed by atoms with Gasteiger partial charge in [0.15, 0.2) is 0 Å². The van der Waals surface area contributed by atoms with E-state index >= 15 is 0 Å². The molecule has 0 atom stereocenters. The molecule has 9 heteroatoms. The van der Waals surface area contributed by atoms with Gasteiger partial charge in [-0.05, 0) is 42.8 Å². The monoisotopic (exact) mass is 396 g/mol. The highest BCUT2D eigenvalue weighted by Crippen LogP contribution is 2.25. The van der Waals surface area contributed by atoms with E-state index < -0.39 is 21.9 Å². The first-order chi connectivity index (χ1) is 12.1. The number of nitrogens with one attached hydrogen (secondary N) is 2. The van der Waals surface area contributed by atoms with Gasteiger partial charge in [0.2, 0.25) is 10.0 Å². The Morgan fingerprint density at radius 2 is 1.81 bits per heavy atom. The Kier molecular flexibility index (Phi) is 5.89. The summed E-state index contributed by atoms with van der Waals surface area (Å²) in [5, 5.41) is 2.78. The second kappa shape index (κ2) is 7.76. The van der Waals surface area contributed by atoms with Crippen LogP contribution in [-0.2, 0) is 14.8 Å². The molecule has 0 bridgehead atoms. The average molecular weight is 397 g/mol. The predicted octanol–water partition coefficient (Wildman–Crippen LogP) is 3.06. The number of rotatable bonds is 5. The van der Waals surface area contributed by atoms with Crippen molar-refractivity contribution < 1.29 is 22.7 Å². The molecule has 2 rings (SSSR count). The van der Waals surface area contributed by atoms with Crippen molar-refractivity contribution in [1.29, 1.82) is 0 Å². The molecule has 138 valence electrons. The molecule has 0 unspecified atom stereocenters. The first-order valence-electron chi connectivity index (χ1n) is 7.39. The van der Waals surface area contributed by atoms with Gasteiger partial charge in [-0.2, -0.15) is 0 Å². The molecule has 1 amide bonds. The number of halogens is 1. The molecule has 0 saturated carbocycles. The fourth-order valence-electron chi connectivity index (χ4n) is 2.24. The molecule has 0 radical (unpaired) electrons. The van der Waals surface area contributed by atoms with E-state index in [9.17, 15) is 18.0 Å². The van der Waals surface area contributed by atoms with Crippen LogP contribution >= 0.6 is 11.6 Å². The van der Waals surface area contributed by atoms with Crippen molar-refractivity contribution in [3.8, 4) is 0 Å². The Hall–Kier alpha value is -2.58. The molecule has 0 spiro atoms. The Balaban J connectivity index is 2.26. The van der Waals surface area contributed by atoms with Crippen LogP contribution in [0.3, 0.4) is 0 Å². The number of carbonyl (C=O) groups is 2. The van der Waals surface area contributed by atoms with Crippen molar-refractivity contribution in [3.63, 3.8) is 0 Å². The van der Waals surface area contributed by atoms with E-state index in [0.717, 1.165) is 6.26 Å². The van der Waals surface area contributed by atoms with Crippen LogP contribution in [0.2, 0.25) is 5.02 Å². The second-order valence-electron chi connectivity index (χ2n) is 5.49. The maximum absolute atomic E-state index is 12.4. The number of esters is 1. The number of methoxy groups -OCH3 is 1. The van der Waals surface area contributed by atoms with Gasteiger partial charge in [-0.1, -0.05) is 17.7 Å². The van der Waals surface area contributed by atoms with Crippen LogP contribution in [-0.4, -0.2) is 33.7 Å². The van der Waals surface area contributed by atoms with Crippen molar-refractivity contribution in [3.05, 3.63) is 58.1 Å². The number of anilines is 2. The van der Waals surface area contributed by atoms with Crippen LogP contribution in [0.5, 0.6) is 0 Å².